The third-order valence-corrected chi connectivity index (χ3v) is 7.19. The van der Waals surface area contributed by atoms with E-state index in [2.05, 4.69) is 5.32 Å². The van der Waals surface area contributed by atoms with Crippen LogP contribution in [0, 0.1) is 11.7 Å². The van der Waals surface area contributed by atoms with Crippen molar-refractivity contribution in [3.05, 3.63) is 57.8 Å². The number of carbonyl (C=O) groups is 1. The molecule has 5 nitrogen and oxygen atoms in total. The summed E-state index contributed by atoms with van der Waals surface area (Å²) in [5.74, 6) is -1.07. The summed E-state index contributed by atoms with van der Waals surface area (Å²) in [5, 5.41) is 2.69. The first-order chi connectivity index (χ1) is 13.2. The molecule has 9 heteroatoms. The van der Waals surface area contributed by atoms with E-state index in [1.165, 1.54) is 34.6 Å². The van der Waals surface area contributed by atoms with Crippen LogP contribution in [0.2, 0.25) is 10.0 Å². The number of halogens is 3. The van der Waals surface area contributed by atoms with E-state index >= 15 is 0 Å². The molecular formula is C19H19Cl2FN2O3S. The number of rotatable bonds is 4. The lowest BCUT2D eigenvalue weighted by molar-refractivity contribution is 0.102. The molecule has 2 aromatic rings. The lowest BCUT2D eigenvalue weighted by atomic mass is 10.0. The second kappa shape index (κ2) is 8.37. The summed E-state index contributed by atoms with van der Waals surface area (Å²) < 4.78 is 41.3. The number of hydrogen-bond donors (Lipinski definition) is 1. The van der Waals surface area contributed by atoms with Crippen LogP contribution < -0.4 is 5.32 Å². The minimum Gasteiger partial charge on any atom is -0.319 e. The molecule has 1 heterocycles. The van der Waals surface area contributed by atoms with Gasteiger partial charge in [-0.15, -0.1) is 0 Å². The number of nitrogens with one attached hydrogen (secondary N) is 1. The predicted octanol–water partition coefficient (Wildman–Crippen LogP) is 4.81. The lowest BCUT2D eigenvalue weighted by Gasteiger charge is -2.30. The predicted molar refractivity (Wildman–Crippen MR) is 108 cm³/mol. The van der Waals surface area contributed by atoms with Gasteiger partial charge >= 0.3 is 0 Å². The van der Waals surface area contributed by atoms with Crippen LogP contribution in [0.4, 0.5) is 10.1 Å². The van der Waals surface area contributed by atoms with Gasteiger partial charge in [-0.3, -0.25) is 4.79 Å². The topological polar surface area (TPSA) is 66.5 Å². The van der Waals surface area contributed by atoms with Gasteiger partial charge in [0.15, 0.2) is 0 Å². The minimum absolute atomic E-state index is 0.0312. The molecule has 0 aromatic heterocycles. The van der Waals surface area contributed by atoms with E-state index in [9.17, 15) is 17.6 Å². The molecule has 1 amide bonds. The number of benzene rings is 2. The monoisotopic (exact) mass is 444 g/mol. The number of hydrogen-bond acceptors (Lipinski definition) is 3. The Labute approximate surface area is 173 Å². The molecule has 2 aromatic carbocycles. The summed E-state index contributed by atoms with van der Waals surface area (Å²) in [6.45, 7) is 2.81. The second-order valence-electron chi connectivity index (χ2n) is 6.83. The van der Waals surface area contributed by atoms with Crippen molar-refractivity contribution in [2.45, 2.75) is 24.7 Å². The largest absolute Gasteiger partial charge is 0.319 e. The van der Waals surface area contributed by atoms with Crippen molar-refractivity contribution in [3.63, 3.8) is 0 Å². The molecule has 0 radical (unpaired) electrons. The summed E-state index contributed by atoms with van der Waals surface area (Å²) in [7, 11) is -3.84. The van der Waals surface area contributed by atoms with Gasteiger partial charge < -0.3 is 5.32 Å². The van der Waals surface area contributed by atoms with E-state index in [1.54, 1.807) is 0 Å². The zero-order chi connectivity index (χ0) is 20.5. The molecule has 1 N–H and O–H groups in total. The van der Waals surface area contributed by atoms with Crippen LogP contribution in [-0.4, -0.2) is 31.7 Å². The Hall–Kier alpha value is -1.67. The third kappa shape index (κ3) is 4.49. The Balaban J connectivity index is 1.90. The smallest absolute Gasteiger partial charge is 0.255 e. The Bertz CT molecular complexity index is 1010. The highest BCUT2D eigenvalue weighted by Gasteiger charge is 2.31. The van der Waals surface area contributed by atoms with Crippen molar-refractivity contribution < 1.29 is 17.6 Å². The number of anilines is 1. The molecule has 3 rings (SSSR count). The van der Waals surface area contributed by atoms with E-state index in [4.69, 9.17) is 23.2 Å². The van der Waals surface area contributed by atoms with Crippen LogP contribution in [-0.2, 0) is 10.0 Å². The first-order valence-electron chi connectivity index (χ1n) is 8.74. The number of nitrogens with zero attached hydrogens (tertiary/aromatic N) is 1. The fourth-order valence-electron chi connectivity index (χ4n) is 3.13. The fourth-order valence-corrected chi connectivity index (χ4v) is 5.40. The summed E-state index contributed by atoms with van der Waals surface area (Å²) in [5.41, 5.74) is -0.0471. The first kappa shape index (κ1) is 21.0. The SMILES string of the molecule is CC1CCCN(S(=O)(=O)c2cc(C(=O)Nc3cc(Cl)ccc3F)ccc2Cl)C1. The van der Waals surface area contributed by atoms with E-state index in [0.717, 1.165) is 18.9 Å². The number of piperidine rings is 1. The molecule has 1 fully saturated rings. The van der Waals surface area contributed by atoms with Crippen LogP contribution in [0.5, 0.6) is 0 Å². The molecule has 0 bridgehead atoms. The average Bonchev–Trinajstić information content (AvgIpc) is 2.65. The van der Waals surface area contributed by atoms with Crippen molar-refractivity contribution in [3.8, 4) is 0 Å². The Morgan fingerprint density at radius 1 is 1.21 bits per heavy atom. The van der Waals surface area contributed by atoms with E-state index in [-0.39, 0.29) is 32.1 Å². The summed E-state index contributed by atoms with van der Waals surface area (Å²) in [6, 6.07) is 7.72. The standard InChI is InChI=1S/C19H19Cl2FN2O3S/c1-12-3-2-8-24(11-12)28(26,27)18-9-13(4-6-15(18)21)19(25)23-17-10-14(20)5-7-16(17)22/h4-7,9-10,12H,2-3,8,11H2,1H3,(H,23,25). The van der Waals surface area contributed by atoms with Crippen molar-refractivity contribution in [2.24, 2.45) is 5.92 Å². The molecule has 28 heavy (non-hydrogen) atoms. The molecule has 1 saturated heterocycles. The quantitative estimate of drug-likeness (QED) is 0.735. The van der Waals surface area contributed by atoms with E-state index in [0.29, 0.717) is 13.1 Å². The summed E-state index contributed by atoms with van der Waals surface area (Å²) in [6.07, 6.45) is 1.74. The zero-order valence-corrected chi connectivity index (χ0v) is 17.4. The van der Waals surface area contributed by atoms with Gasteiger partial charge in [-0.1, -0.05) is 30.1 Å². The molecular weight excluding hydrogens is 426 g/mol. The Kier molecular flexibility index (Phi) is 6.29. The van der Waals surface area contributed by atoms with Gasteiger partial charge in [-0.25, -0.2) is 12.8 Å². The van der Waals surface area contributed by atoms with Gasteiger partial charge in [-0.2, -0.15) is 4.31 Å². The minimum atomic E-state index is -3.84. The van der Waals surface area contributed by atoms with Crippen LogP contribution in [0.15, 0.2) is 41.3 Å². The van der Waals surface area contributed by atoms with E-state index < -0.39 is 21.7 Å². The zero-order valence-electron chi connectivity index (χ0n) is 15.1. The first-order valence-corrected chi connectivity index (χ1v) is 10.9. The van der Waals surface area contributed by atoms with Crippen molar-refractivity contribution in [1.82, 2.24) is 4.31 Å². The van der Waals surface area contributed by atoms with Gasteiger partial charge in [0.25, 0.3) is 5.91 Å². The van der Waals surface area contributed by atoms with Gasteiger partial charge in [0.1, 0.15) is 10.7 Å². The summed E-state index contributed by atoms with van der Waals surface area (Å²) in [4.78, 5) is 12.4. The van der Waals surface area contributed by atoms with E-state index in [1.807, 2.05) is 6.92 Å². The van der Waals surface area contributed by atoms with Gasteiger partial charge in [0, 0.05) is 23.7 Å². The maximum atomic E-state index is 13.9. The molecule has 1 aliphatic heterocycles. The molecule has 1 unspecified atom stereocenters. The molecule has 0 spiro atoms. The highest BCUT2D eigenvalue weighted by Crippen LogP contribution is 2.29. The van der Waals surface area contributed by atoms with Crippen molar-refractivity contribution in [2.75, 3.05) is 18.4 Å². The average molecular weight is 445 g/mol. The molecule has 1 aliphatic rings. The van der Waals surface area contributed by atoms with Crippen molar-refractivity contribution in [1.29, 1.82) is 0 Å². The maximum absolute atomic E-state index is 13.9. The van der Waals surface area contributed by atoms with Gasteiger partial charge in [-0.05, 0) is 55.2 Å². The van der Waals surface area contributed by atoms with Crippen LogP contribution in [0.3, 0.4) is 0 Å². The van der Waals surface area contributed by atoms with Gasteiger partial charge in [0.05, 0.1) is 10.7 Å². The second-order valence-corrected chi connectivity index (χ2v) is 9.58. The number of sulfonamides is 1. The Morgan fingerprint density at radius 2 is 1.96 bits per heavy atom. The van der Waals surface area contributed by atoms with Crippen LogP contribution in [0.1, 0.15) is 30.1 Å². The molecule has 1 atom stereocenters. The lowest BCUT2D eigenvalue weighted by Crippen LogP contribution is -2.39. The third-order valence-electron chi connectivity index (χ3n) is 4.61. The Morgan fingerprint density at radius 3 is 2.68 bits per heavy atom. The van der Waals surface area contributed by atoms with Gasteiger partial charge in [0.2, 0.25) is 10.0 Å². The molecule has 150 valence electrons. The molecule has 0 aliphatic carbocycles. The van der Waals surface area contributed by atoms with Crippen molar-refractivity contribution >= 4 is 44.8 Å². The van der Waals surface area contributed by atoms with Crippen LogP contribution >= 0.6 is 23.2 Å². The number of amides is 1. The highest BCUT2D eigenvalue weighted by molar-refractivity contribution is 7.89. The van der Waals surface area contributed by atoms with Crippen LogP contribution in [0.25, 0.3) is 0 Å². The molecule has 0 saturated carbocycles. The normalized spacial score (nSPS) is 18.1. The highest BCUT2D eigenvalue weighted by atomic mass is 35.5. The number of carbonyl (C=O) groups excluding carboxylic acids is 1. The maximum Gasteiger partial charge on any atom is 0.255 e. The fraction of sp³-hybridized carbons (Fsp3) is 0.316. The summed E-state index contributed by atoms with van der Waals surface area (Å²) >= 11 is 12.0.